The van der Waals surface area contributed by atoms with Crippen LogP contribution in [-0.4, -0.2) is 29.6 Å². The number of carbonyl (C=O) groups is 1. The molecule has 1 aromatic carbocycles. The molecule has 0 aliphatic rings. The van der Waals surface area contributed by atoms with Crippen molar-refractivity contribution in [3.8, 4) is 0 Å². The number of likely N-dealkylation sites (N-methyl/N-ethyl adjacent to an activating group) is 1. The fourth-order valence-electron chi connectivity index (χ4n) is 1.98. The Kier molecular flexibility index (Phi) is 4.87. The molecular weight excluding hydrogens is 277 g/mol. The van der Waals surface area contributed by atoms with Gasteiger partial charge in [-0.1, -0.05) is 12.1 Å². The number of thiophene rings is 1. The average molecular weight is 293 g/mol. The van der Waals surface area contributed by atoms with E-state index in [1.165, 1.54) is 17.0 Å². The van der Waals surface area contributed by atoms with Gasteiger partial charge in [0.1, 0.15) is 5.82 Å². The summed E-state index contributed by atoms with van der Waals surface area (Å²) >= 11 is 1.73. The van der Waals surface area contributed by atoms with Crippen LogP contribution in [-0.2, 0) is 13.0 Å². The second kappa shape index (κ2) is 6.63. The smallest absolute Gasteiger partial charge is 0.338 e. The third-order valence-corrected chi connectivity index (χ3v) is 3.97. The Morgan fingerprint density at radius 3 is 2.80 bits per heavy atom. The van der Waals surface area contributed by atoms with Gasteiger partial charge in [-0.15, -0.1) is 11.3 Å². The van der Waals surface area contributed by atoms with Crippen LogP contribution in [0.4, 0.5) is 4.39 Å². The number of hydrogen-bond donors (Lipinski definition) is 1. The molecular formula is C15H16FNO2S. The van der Waals surface area contributed by atoms with Crippen molar-refractivity contribution in [2.24, 2.45) is 0 Å². The topological polar surface area (TPSA) is 40.5 Å². The molecule has 0 aliphatic carbocycles. The first-order valence-electron chi connectivity index (χ1n) is 6.29. The van der Waals surface area contributed by atoms with E-state index in [0.717, 1.165) is 18.5 Å². The molecule has 5 heteroatoms. The standard InChI is InChI=1S/C15H16FNO2S/c1-17(7-6-12-3-2-8-20-12)10-11-4-5-13(15(18)19)14(16)9-11/h2-5,8-9H,6-7,10H2,1H3,(H,18,19). The molecule has 2 rings (SSSR count). The van der Waals surface area contributed by atoms with Crippen molar-refractivity contribution in [3.63, 3.8) is 0 Å². The van der Waals surface area contributed by atoms with Crippen molar-refractivity contribution in [1.82, 2.24) is 4.90 Å². The van der Waals surface area contributed by atoms with Crippen LogP contribution in [0.5, 0.6) is 0 Å². The van der Waals surface area contributed by atoms with Crippen molar-refractivity contribution in [2.45, 2.75) is 13.0 Å². The Morgan fingerprint density at radius 2 is 2.20 bits per heavy atom. The number of carboxylic acid groups (broad SMARTS) is 1. The number of benzene rings is 1. The molecule has 0 radical (unpaired) electrons. The Labute approximate surface area is 121 Å². The molecule has 106 valence electrons. The lowest BCUT2D eigenvalue weighted by Gasteiger charge is -2.16. The van der Waals surface area contributed by atoms with E-state index in [1.807, 2.05) is 13.1 Å². The monoisotopic (exact) mass is 293 g/mol. The molecule has 1 N–H and O–H groups in total. The zero-order valence-corrected chi connectivity index (χ0v) is 12.0. The lowest BCUT2D eigenvalue weighted by atomic mass is 10.1. The maximum absolute atomic E-state index is 13.6. The van der Waals surface area contributed by atoms with E-state index in [2.05, 4.69) is 16.3 Å². The van der Waals surface area contributed by atoms with Crippen LogP contribution in [0.1, 0.15) is 20.8 Å². The Morgan fingerprint density at radius 1 is 1.40 bits per heavy atom. The summed E-state index contributed by atoms with van der Waals surface area (Å²) in [4.78, 5) is 14.2. The van der Waals surface area contributed by atoms with Gasteiger partial charge >= 0.3 is 5.97 Å². The largest absolute Gasteiger partial charge is 0.478 e. The summed E-state index contributed by atoms with van der Waals surface area (Å²) in [6.07, 6.45) is 0.962. The summed E-state index contributed by atoms with van der Waals surface area (Å²) in [7, 11) is 1.97. The maximum Gasteiger partial charge on any atom is 0.338 e. The van der Waals surface area contributed by atoms with Crippen LogP contribution in [0.15, 0.2) is 35.7 Å². The highest BCUT2D eigenvalue weighted by atomic mass is 32.1. The number of nitrogens with zero attached hydrogens (tertiary/aromatic N) is 1. The number of rotatable bonds is 6. The normalized spacial score (nSPS) is 10.9. The zero-order valence-electron chi connectivity index (χ0n) is 11.2. The maximum atomic E-state index is 13.6. The third kappa shape index (κ3) is 3.88. The van der Waals surface area contributed by atoms with Gasteiger partial charge < -0.3 is 10.0 Å². The van der Waals surface area contributed by atoms with Crippen molar-refractivity contribution in [2.75, 3.05) is 13.6 Å². The summed E-state index contributed by atoms with van der Waals surface area (Å²) in [5.74, 6) is -1.92. The van der Waals surface area contributed by atoms with Crippen molar-refractivity contribution in [1.29, 1.82) is 0 Å². The molecule has 0 amide bonds. The molecule has 0 saturated heterocycles. The van der Waals surface area contributed by atoms with Gasteiger partial charge in [-0.05, 0) is 42.6 Å². The molecule has 0 bridgehead atoms. The summed E-state index contributed by atoms with van der Waals surface area (Å²) in [6.45, 7) is 1.48. The van der Waals surface area contributed by atoms with Crippen molar-refractivity contribution in [3.05, 3.63) is 57.5 Å². The zero-order chi connectivity index (χ0) is 14.5. The average Bonchev–Trinajstić information content (AvgIpc) is 2.89. The van der Waals surface area contributed by atoms with Crippen LogP contribution in [0.25, 0.3) is 0 Å². The van der Waals surface area contributed by atoms with Gasteiger partial charge in [-0.25, -0.2) is 9.18 Å². The second-order valence-electron chi connectivity index (χ2n) is 4.69. The molecule has 0 atom stereocenters. The number of hydrogen-bond acceptors (Lipinski definition) is 3. The highest BCUT2D eigenvalue weighted by Crippen LogP contribution is 2.13. The molecule has 0 spiro atoms. The number of carboxylic acids is 1. The second-order valence-corrected chi connectivity index (χ2v) is 5.72. The Balaban J connectivity index is 1.92. The fourth-order valence-corrected chi connectivity index (χ4v) is 2.68. The Hall–Kier alpha value is -1.72. The number of aromatic carboxylic acids is 1. The predicted molar refractivity (Wildman–Crippen MR) is 77.7 cm³/mol. The molecule has 0 saturated carbocycles. The minimum absolute atomic E-state index is 0.282. The molecule has 0 aliphatic heterocycles. The SMILES string of the molecule is CN(CCc1cccs1)Cc1ccc(C(=O)O)c(F)c1. The van der Waals surface area contributed by atoms with Gasteiger partial charge in [0.15, 0.2) is 0 Å². The summed E-state index contributed by atoms with van der Waals surface area (Å²) in [5, 5.41) is 10.8. The number of halogens is 1. The molecule has 1 aromatic heterocycles. The predicted octanol–water partition coefficient (Wildman–Crippen LogP) is 3.26. The molecule has 3 nitrogen and oxygen atoms in total. The molecule has 2 aromatic rings. The van der Waals surface area contributed by atoms with Crippen LogP contribution in [0.3, 0.4) is 0 Å². The van der Waals surface area contributed by atoms with Gasteiger partial charge in [0.25, 0.3) is 0 Å². The van der Waals surface area contributed by atoms with E-state index in [9.17, 15) is 9.18 Å². The lowest BCUT2D eigenvalue weighted by Crippen LogP contribution is -2.20. The highest BCUT2D eigenvalue weighted by Gasteiger charge is 2.11. The van der Waals surface area contributed by atoms with E-state index in [1.54, 1.807) is 17.4 Å². The first-order chi connectivity index (χ1) is 9.56. The highest BCUT2D eigenvalue weighted by molar-refractivity contribution is 7.09. The minimum atomic E-state index is -1.24. The molecule has 20 heavy (non-hydrogen) atoms. The van der Waals surface area contributed by atoms with Crippen LogP contribution < -0.4 is 0 Å². The van der Waals surface area contributed by atoms with Gasteiger partial charge in [0.2, 0.25) is 0 Å². The summed E-state index contributed by atoms with van der Waals surface area (Å²) < 4.78 is 13.6. The molecule has 1 heterocycles. The summed E-state index contributed by atoms with van der Waals surface area (Å²) in [5.41, 5.74) is 0.496. The molecule has 0 fully saturated rings. The van der Waals surface area contributed by atoms with Gasteiger partial charge in [0, 0.05) is 18.0 Å². The first-order valence-corrected chi connectivity index (χ1v) is 7.17. The summed E-state index contributed by atoms with van der Waals surface area (Å²) in [6, 6.07) is 8.40. The van der Waals surface area contributed by atoms with Crippen LogP contribution in [0, 0.1) is 5.82 Å². The fraction of sp³-hybridized carbons (Fsp3) is 0.267. The Bertz CT molecular complexity index is 584. The van der Waals surface area contributed by atoms with E-state index in [-0.39, 0.29) is 5.56 Å². The third-order valence-electron chi connectivity index (χ3n) is 3.04. The first kappa shape index (κ1) is 14.7. The van der Waals surface area contributed by atoms with Gasteiger partial charge in [-0.2, -0.15) is 0 Å². The quantitative estimate of drug-likeness (QED) is 0.888. The van der Waals surface area contributed by atoms with E-state index >= 15 is 0 Å². The van der Waals surface area contributed by atoms with E-state index in [0.29, 0.717) is 6.54 Å². The molecule has 0 unspecified atom stereocenters. The lowest BCUT2D eigenvalue weighted by molar-refractivity contribution is 0.0692. The van der Waals surface area contributed by atoms with Crippen molar-refractivity contribution >= 4 is 17.3 Å². The van der Waals surface area contributed by atoms with E-state index in [4.69, 9.17) is 5.11 Å². The van der Waals surface area contributed by atoms with E-state index < -0.39 is 11.8 Å². The van der Waals surface area contributed by atoms with Crippen LogP contribution >= 0.6 is 11.3 Å². The minimum Gasteiger partial charge on any atom is -0.478 e. The van der Waals surface area contributed by atoms with Crippen LogP contribution in [0.2, 0.25) is 0 Å². The van der Waals surface area contributed by atoms with Crippen molar-refractivity contribution < 1.29 is 14.3 Å². The van der Waals surface area contributed by atoms with Gasteiger partial charge in [0.05, 0.1) is 5.56 Å². The van der Waals surface area contributed by atoms with Gasteiger partial charge in [-0.3, -0.25) is 0 Å².